The molecule has 6 heterocycles. The van der Waals surface area contributed by atoms with Crippen molar-refractivity contribution < 1.29 is 14.2 Å². The molecule has 1 spiro atoms. The maximum absolute atomic E-state index is 16.6. The summed E-state index contributed by atoms with van der Waals surface area (Å²) in [5.74, 6) is 1.10. The number of phenols is 1. The molecule has 0 radical (unpaired) electrons. The van der Waals surface area contributed by atoms with Crippen LogP contribution in [0.1, 0.15) is 52.4 Å². The molecule has 3 fully saturated rings. The minimum absolute atomic E-state index is 0.0619. The van der Waals surface area contributed by atoms with Crippen molar-refractivity contribution in [2.45, 2.75) is 52.4 Å². The fourth-order valence-corrected chi connectivity index (χ4v) is 7.30. The minimum Gasteiger partial charge on any atom is -0.508 e. The second kappa shape index (κ2) is 12.3. The van der Waals surface area contributed by atoms with Crippen molar-refractivity contribution in [2.24, 2.45) is 5.41 Å². The first-order chi connectivity index (χ1) is 22.0. The van der Waals surface area contributed by atoms with Crippen LogP contribution in [-0.4, -0.2) is 64.2 Å². The molecule has 8 nitrogen and oxygen atoms in total. The van der Waals surface area contributed by atoms with Crippen LogP contribution in [0.5, 0.6) is 11.8 Å². The number of halogens is 1. The van der Waals surface area contributed by atoms with Crippen molar-refractivity contribution >= 4 is 27.5 Å². The molecule has 8 rings (SSSR count). The molecule has 2 aromatic carbocycles. The van der Waals surface area contributed by atoms with E-state index in [4.69, 9.17) is 9.72 Å². The maximum atomic E-state index is 16.6. The zero-order chi connectivity index (χ0) is 31.0. The van der Waals surface area contributed by atoms with E-state index >= 15 is 4.39 Å². The van der Waals surface area contributed by atoms with Gasteiger partial charge in [0.15, 0.2) is 5.82 Å². The van der Waals surface area contributed by atoms with Crippen LogP contribution in [0.25, 0.3) is 32.9 Å². The van der Waals surface area contributed by atoms with E-state index in [1.807, 2.05) is 50.3 Å². The fraction of sp³-hybridized carbons (Fsp3) is 0.417. The van der Waals surface area contributed by atoms with Crippen LogP contribution in [0.15, 0.2) is 66.2 Å². The van der Waals surface area contributed by atoms with Gasteiger partial charge in [-0.2, -0.15) is 9.97 Å². The Bertz CT molecular complexity index is 1780. The lowest BCUT2D eigenvalue weighted by molar-refractivity contribution is 0.247. The van der Waals surface area contributed by atoms with Crippen molar-refractivity contribution in [3.8, 4) is 23.0 Å². The Morgan fingerprint density at radius 2 is 1.78 bits per heavy atom. The number of anilines is 1. The van der Waals surface area contributed by atoms with Crippen LogP contribution in [0, 0.1) is 11.2 Å². The minimum atomic E-state index is -0.535. The van der Waals surface area contributed by atoms with Gasteiger partial charge in [-0.3, -0.25) is 4.98 Å². The molecule has 2 aromatic heterocycles. The second-order valence-electron chi connectivity index (χ2n) is 12.6. The topological polar surface area (TPSA) is 86.6 Å². The molecular weight excluding hydrogens is 567 g/mol. The number of hydrogen-bond donors (Lipinski definition) is 2. The van der Waals surface area contributed by atoms with E-state index in [0.29, 0.717) is 22.2 Å². The predicted octanol–water partition coefficient (Wildman–Crippen LogP) is 6.94. The van der Waals surface area contributed by atoms with E-state index in [-0.39, 0.29) is 23.0 Å². The first-order valence-corrected chi connectivity index (χ1v) is 16.2. The summed E-state index contributed by atoms with van der Waals surface area (Å²) in [7, 11) is 0. The van der Waals surface area contributed by atoms with Gasteiger partial charge in [0.1, 0.15) is 28.5 Å². The summed E-state index contributed by atoms with van der Waals surface area (Å²) in [6.07, 6.45) is 11.9. The van der Waals surface area contributed by atoms with Gasteiger partial charge in [0.05, 0.1) is 11.1 Å². The van der Waals surface area contributed by atoms with E-state index in [9.17, 15) is 5.11 Å². The van der Waals surface area contributed by atoms with Crippen molar-refractivity contribution in [3.05, 3.63) is 72.0 Å². The number of aromatic hydroxyl groups is 1. The molecule has 9 heteroatoms. The van der Waals surface area contributed by atoms with Crippen LogP contribution in [0.3, 0.4) is 0 Å². The summed E-state index contributed by atoms with van der Waals surface area (Å²) in [4.78, 5) is 18.8. The molecule has 0 aliphatic carbocycles. The third kappa shape index (κ3) is 5.58. The number of nitrogens with zero attached hydrogens (tertiary/aromatic N) is 5. The lowest BCUT2D eigenvalue weighted by Crippen LogP contribution is -2.41. The first kappa shape index (κ1) is 29.5. The SMILES string of the molecule is C/C=C\C.Oc1cc(-c2ncc3c(N4CCC5(CCNC5)CC4)nc(OC4=C5CCCN5CC4)nc3c2F)c2ccccc2c1. The van der Waals surface area contributed by atoms with Crippen molar-refractivity contribution in [2.75, 3.05) is 44.2 Å². The molecule has 2 N–H and O–H groups in total. The molecule has 0 amide bonds. The molecule has 3 saturated heterocycles. The standard InChI is InChI=1S/C32H33FN6O2.C4H8/c33-27-28(23-17-21(40)16-20-4-1-2-5-22(20)23)35-18-24-29(27)36-31(41-26-7-13-38-12-3-6-25(26)38)37-30(24)39-14-9-32(10-15-39)8-11-34-19-32;1-3-4-2/h1-2,4-5,16-18,34,40H,3,6-15,19H2;3-4H,1-2H3/b;4-3-. The summed E-state index contributed by atoms with van der Waals surface area (Å²) in [5.41, 5.74) is 2.44. The summed E-state index contributed by atoms with van der Waals surface area (Å²) in [6.45, 7) is 9.82. The summed E-state index contributed by atoms with van der Waals surface area (Å²) in [5, 5.41) is 16.2. The molecule has 4 aliphatic rings. The van der Waals surface area contributed by atoms with Crippen LogP contribution in [0.2, 0.25) is 0 Å². The number of fused-ring (bicyclic) bond motifs is 3. The lowest BCUT2D eigenvalue weighted by Gasteiger charge is -2.39. The van der Waals surface area contributed by atoms with Gasteiger partial charge in [0.25, 0.3) is 0 Å². The zero-order valence-electron chi connectivity index (χ0n) is 26.2. The van der Waals surface area contributed by atoms with E-state index in [0.717, 1.165) is 87.9 Å². The average Bonchev–Trinajstić information content (AvgIpc) is 3.81. The number of benzene rings is 2. The van der Waals surface area contributed by atoms with Gasteiger partial charge in [0, 0.05) is 50.9 Å². The van der Waals surface area contributed by atoms with Gasteiger partial charge in [-0.15, -0.1) is 0 Å². The molecular formula is C36H41FN6O2. The number of aromatic nitrogens is 3. The highest BCUT2D eigenvalue weighted by molar-refractivity contribution is 5.99. The maximum Gasteiger partial charge on any atom is 0.324 e. The van der Waals surface area contributed by atoms with Crippen molar-refractivity contribution in [1.29, 1.82) is 0 Å². The van der Waals surface area contributed by atoms with Crippen molar-refractivity contribution in [1.82, 2.24) is 25.2 Å². The van der Waals surface area contributed by atoms with Gasteiger partial charge < -0.3 is 25.0 Å². The number of phenolic OH excluding ortho intramolecular Hbond substituents is 1. The van der Waals surface area contributed by atoms with E-state index in [2.05, 4.69) is 25.1 Å². The molecule has 234 valence electrons. The molecule has 45 heavy (non-hydrogen) atoms. The van der Waals surface area contributed by atoms with Gasteiger partial charge in [-0.05, 0) is 80.8 Å². The Kier molecular flexibility index (Phi) is 8.04. The Morgan fingerprint density at radius 3 is 2.56 bits per heavy atom. The number of pyridine rings is 1. The monoisotopic (exact) mass is 608 g/mol. The van der Waals surface area contributed by atoms with Gasteiger partial charge in [-0.1, -0.05) is 36.4 Å². The molecule has 4 aromatic rings. The number of piperidine rings is 1. The highest BCUT2D eigenvalue weighted by Gasteiger charge is 2.38. The summed E-state index contributed by atoms with van der Waals surface area (Å²) < 4.78 is 22.9. The average molecular weight is 609 g/mol. The largest absolute Gasteiger partial charge is 0.508 e. The Labute approximate surface area is 263 Å². The Hall–Kier alpha value is -4.24. The quantitative estimate of drug-likeness (QED) is 0.241. The zero-order valence-corrected chi connectivity index (χ0v) is 26.2. The summed E-state index contributed by atoms with van der Waals surface area (Å²) >= 11 is 0. The predicted molar refractivity (Wildman–Crippen MR) is 177 cm³/mol. The van der Waals surface area contributed by atoms with Crippen LogP contribution >= 0.6 is 0 Å². The molecule has 4 aliphatic heterocycles. The highest BCUT2D eigenvalue weighted by atomic mass is 19.1. The van der Waals surface area contributed by atoms with Gasteiger partial charge in [0.2, 0.25) is 0 Å². The number of ether oxygens (including phenoxy) is 1. The third-order valence-electron chi connectivity index (χ3n) is 9.90. The van der Waals surface area contributed by atoms with E-state index < -0.39 is 5.82 Å². The normalized spacial score (nSPS) is 19.2. The second-order valence-corrected chi connectivity index (χ2v) is 12.6. The fourth-order valence-electron chi connectivity index (χ4n) is 7.30. The third-order valence-corrected chi connectivity index (χ3v) is 9.90. The van der Waals surface area contributed by atoms with Gasteiger partial charge >= 0.3 is 6.01 Å². The van der Waals surface area contributed by atoms with E-state index in [1.165, 1.54) is 12.1 Å². The Morgan fingerprint density at radius 1 is 0.956 bits per heavy atom. The van der Waals surface area contributed by atoms with E-state index in [1.54, 1.807) is 18.3 Å². The molecule has 0 bridgehead atoms. The van der Waals surface area contributed by atoms with Gasteiger partial charge in [-0.25, -0.2) is 4.39 Å². The summed E-state index contributed by atoms with van der Waals surface area (Å²) in [6, 6.07) is 11.0. The first-order valence-electron chi connectivity index (χ1n) is 16.2. The number of hydrogen-bond acceptors (Lipinski definition) is 8. The lowest BCUT2D eigenvalue weighted by atomic mass is 9.78. The number of rotatable bonds is 4. The van der Waals surface area contributed by atoms with Crippen LogP contribution < -0.4 is 15.0 Å². The molecule has 0 saturated carbocycles. The van der Waals surface area contributed by atoms with Crippen LogP contribution in [0.4, 0.5) is 10.2 Å². The van der Waals surface area contributed by atoms with Crippen molar-refractivity contribution in [3.63, 3.8) is 0 Å². The highest BCUT2D eigenvalue weighted by Crippen LogP contribution is 2.41. The molecule has 0 unspecified atom stereocenters. The number of allylic oxidation sites excluding steroid dienone is 3. The smallest absolute Gasteiger partial charge is 0.324 e. The number of nitrogens with one attached hydrogen (secondary N) is 1. The van der Waals surface area contributed by atoms with Crippen LogP contribution in [-0.2, 0) is 0 Å². The molecule has 0 atom stereocenters. The Balaban J connectivity index is 0.000000770.